The van der Waals surface area contributed by atoms with E-state index in [4.69, 9.17) is 0 Å². The van der Waals surface area contributed by atoms with Crippen LogP contribution in [0, 0.1) is 5.92 Å². The maximum atomic E-state index is 3.55. The second-order valence-corrected chi connectivity index (χ2v) is 4.64. The van der Waals surface area contributed by atoms with E-state index in [0.29, 0.717) is 6.04 Å². The fourth-order valence-corrected chi connectivity index (χ4v) is 2.06. The first-order valence-electron chi connectivity index (χ1n) is 6.62. The Hall–Kier alpha value is -0.0800. The molecule has 92 valence electrons. The van der Waals surface area contributed by atoms with Gasteiger partial charge >= 0.3 is 0 Å². The normalized spacial score (nSPS) is 13.8. The summed E-state index contributed by atoms with van der Waals surface area (Å²) in [5.74, 6) is 0.737. The summed E-state index contributed by atoms with van der Waals surface area (Å²) in [6.07, 6.45) is 2.48. The van der Waals surface area contributed by atoms with Crippen LogP contribution in [-0.2, 0) is 0 Å². The molecule has 15 heavy (non-hydrogen) atoms. The lowest BCUT2D eigenvalue weighted by atomic mass is 10.0. The number of rotatable bonds is 9. The molecule has 0 saturated heterocycles. The topological polar surface area (TPSA) is 15.3 Å². The molecule has 1 N–H and O–H groups in total. The summed E-state index contributed by atoms with van der Waals surface area (Å²) in [6, 6.07) is 0.696. The van der Waals surface area contributed by atoms with Crippen LogP contribution in [0.15, 0.2) is 0 Å². The molecule has 0 fully saturated rings. The molecule has 0 aromatic heterocycles. The minimum Gasteiger partial charge on any atom is -0.315 e. The van der Waals surface area contributed by atoms with Crippen molar-refractivity contribution in [2.24, 2.45) is 5.92 Å². The summed E-state index contributed by atoms with van der Waals surface area (Å²) in [6.45, 7) is 16.1. The largest absolute Gasteiger partial charge is 0.315 e. The van der Waals surface area contributed by atoms with Gasteiger partial charge in [-0.2, -0.15) is 0 Å². The predicted molar refractivity (Wildman–Crippen MR) is 69.3 cm³/mol. The van der Waals surface area contributed by atoms with Crippen LogP contribution >= 0.6 is 0 Å². The van der Waals surface area contributed by atoms with Crippen molar-refractivity contribution in [3.05, 3.63) is 0 Å². The van der Waals surface area contributed by atoms with Crippen LogP contribution in [-0.4, -0.2) is 37.1 Å². The molecule has 0 aromatic carbocycles. The molecule has 0 aliphatic heterocycles. The fourth-order valence-electron chi connectivity index (χ4n) is 2.06. The zero-order valence-corrected chi connectivity index (χ0v) is 11.3. The maximum Gasteiger partial charge on any atom is 0.0243 e. The van der Waals surface area contributed by atoms with Gasteiger partial charge < -0.3 is 5.32 Å². The van der Waals surface area contributed by atoms with Gasteiger partial charge in [0, 0.05) is 12.6 Å². The summed E-state index contributed by atoms with van der Waals surface area (Å²) in [7, 11) is 0. The van der Waals surface area contributed by atoms with Gasteiger partial charge in [0.25, 0.3) is 0 Å². The highest BCUT2D eigenvalue weighted by atomic mass is 15.2. The molecular formula is C13H30N2. The van der Waals surface area contributed by atoms with Crippen LogP contribution in [0.5, 0.6) is 0 Å². The lowest BCUT2D eigenvalue weighted by Gasteiger charge is -2.33. The Kier molecular flexibility index (Phi) is 9.12. The summed E-state index contributed by atoms with van der Waals surface area (Å²) in [5, 5.41) is 3.55. The molecule has 0 bridgehead atoms. The number of nitrogens with one attached hydrogen (secondary N) is 1. The monoisotopic (exact) mass is 214 g/mol. The first-order valence-corrected chi connectivity index (χ1v) is 6.62. The SMILES string of the molecule is CCCNCC(C(C)C)N(CC)CCC. The molecule has 1 unspecified atom stereocenters. The lowest BCUT2D eigenvalue weighted by Crippen LogP contribution is -2.46. The van der Waals surface area contributed by atoms with E-state index in [1.54, 1.807) is 0 Å². The van der Waals surface area contributed by atoms with Crippen molar-refractivity contribution in [2.45, 2.75) is 53.5 Å². The van der Waals surface area contributed by atoms with Crippen LogP contribution in [0.3, 0.4) is 0 Å². The van der Waals surface area contributed by atoms with E-state index in [2.05, 4.69) is 44.8 Å². The van der Waals surface area contributed by atoms with Gasteiger partial charge in [0.2, 0.25) is 0 Å². The zero-order chi connectivity index (χ0) is 11.7. The third-order valence-corrected chi connectivity index (χ3v) is 2.94. The van der Waals surface area contributed by atoms with Gasteiger partial charge in [-0.1, -0.05) is 34.6 Å². The van der Waals surface area contributed by atoms with Crippen LogP contribution in [0.1, 0.15) is 47.5 Å². The highest BCUT2D eigenvalue weighted by molar-refractivity contribution is 4.76. The molecule has 0 radical (unpaired) electrons. The first kappa shape index (κ1) is 14.9. The molecule has 0 aliphatic rings. The van der Waals surface area contributed by atoms with Crippen molar-refractivity contribution in [3.8, 4) is 0 Å². The highest BCUT2D eigenvalue weighted by Crippen LogP contribution is 2.10. The maximum absolute atomic E-state index is 3.55. The van der Waals surface area contributed by atoms with Crippen LogP contribution in [0.4, 0.5) is 0 Å². The smallest absolute Gasteiger partial charge is 0.0243 e. The van der Waals surface area contributed by atoms with Crippen LogP contribution in [0.2, 0.25) is 0 Å². The van der Waals surface area contributed by atoms with E-state index in [9.17, 15) is 0 Å². The second kappa shape index (κ2) is 9.17. The molecule has 0 heterocycles. The molecular weight excluding hydrogens is 184 g/mol. The fraction of sp³-hybridized carbons (Fsp3) is 1.00. The third-order valence-electron chi connectivity index (χ3n) is 2.94. The Labute approximate surface area is 96.4 Å². The molecule has 1 atom stereocenters. The van der Waals surface area contributed by atoms with Crippen LogP contribution < -0.4 is 5.32 Å². The number of hydrogen-bond donors (Lipinski definition) is 1. The highest BCUT2D eigenvalue weighted by Gasteiger charge is 2.18. The molecule has 0 saturated carbocycles. The van der Waals surface area contributed by atoms with Gasteiger partial charge in [-0.25, -0.2) is 0 Å². The Morgan fingerprint density at radius 3 is 2.13 bits per heavy atom. The minimum atomic E-state index is 0.696. The molecule has 0 spiro atoms. The molecule has 0 aliphatic carbocycles. The molecule has 0 rings (SSSR count). The summed E-state index contributed by atoms with van der Waals surface area (Å²) in [5.41, 5.74) is 0. The minimum absolute atomic E-state index is 0.696. The molecule has 2 nitrogen and oxygen atoms in total. The first-order chi connectivity index (χ1) is 7.17. The van der Waals surface area contributed by atoms with Gasteiger partial charge in [0.15, 0.2) is 0 Å². The van der Waals surface area contributed by atoms with Gasteiger partial charge in [-0.3, -0.25) is 4.90 Å². The third kappa shape index (κ3) is 6.16. The Morgan fingerprint density at radius 1 is 1.07 bits per heavy atom. The van der Waals surface area contributed by atoms with E-state index >= 15 is 0 Å². The predicted octanol–water partition coefficient (Wildman–Crippen LogP) is 2.74. The van der Waals surface area contributed by atoms with Crippen LogP contribution in [0.25, 0.3) is 0 Å². The standard InChI is InChI=1S/C13H30N2/c1-6-9-14-11-13(12(4)5)15(8-3)10-7-2/h12-14H,6-11H2,1-5H3. The Bertz CT molecular complexity index is 134. The lowest BCUT2D eigenvalue weighted by molar-refractivity contribution is 0.159. The van der Waals surface area contributed by atoms with Gasteiger partial charge in [-0.05, 0) is 38.4 Å². The van der Waals surface area contributed by atoms with Crippen molar-refractivity contribution in [3.63, 3.8) is 0 Å². The average molecular weight is 214 g/mol. The zero-order valence-electron chi connectivity index (χ0n) is 11.3. The number of likely N-dealkylation sites (N-methyl/N-ethyl adjacent to an activating group) is 1. The molecule has 2 heteroatoms. The summed E-state index contributed by atoms with van der Waals surface area (Å²) < 4.78 is 0. The van der Waals surface area contributed by atoms with Crippen molar-refractivity contribution in [2.75, 3.05) is 26.2 Å². The van der Waals surface area contributed by atoms with Gasteiger partial charge in [0.05, 0.1) is 0 Å². The second-order valence-electron chi connectivity index (χ2n) is 4.64. The average Bonchev–Trinajstić information content (AvgIpc) is 2.21. The van der Waals surface area contributed by atoms with Gasteiger partial charge in [-0.15, -0.1) is 0 Å². The van der Waals surface area contributed by atoms with E-state index < -0.39 is 0 Å². The van der Waals surface area contributed by atoms with E-state index in [1.165, 1.54) is 25.9 Å². The Morgan fingerprint density at radius 2 is 1.73 bits per heavy atom. The summed E-state index contributed by atoms with van der Waals surface area (Å²) >= 11 is 0. The number of nitrogens with zero attached hydrogens (tertiary/aromatic N) is 1. The van der Waals surface area contributed by atoms with Crippen molar-refractivity contribution in [1.82, 2.24) is 10.2 Å². The van der Waals surface area contributed by atoms with Crippen molar-refractivity contribution in [1.29, 1.82) is 0 Å². The molecule has 0 aromatic rings. The molecule has 0 amide bonds. The van der Waals surface area contributed by atoms with E-state index in [-0.39, 0.29) is 0 Å². The van der Waals surface area contributed by atoms with Crippen molar-refractivity contribution >= 4 is 0 Å². The van der Waals surface area contributed by atoms with Gasteiger partial charge in [0.1, 0.15) is 0 Å². The quantitative estimate of drug-likeness (QED) is 0.594. The summed E-state index contributed by atoms with van der Waals surface area (Å²) in [4.78, 5) is 2.60. The number of hydrogen-bond acceptors (Lipinski definition) is 2. The van der Waals surface area contributed by atoms with Crippen molar-refractivity contribution < 1.29 is 0 Å². The van der Waals surface area contributed by atoms with E-state index in [1.807, 2.05) is 0 Å². The Balaban J connectivity index is 4.09. The van der Waals surface area contributed by atoms with E-state index in [0.717, 1.165) is 19.0 Å².